The van der Waals surface area contributed by atoms with E-state index >= 15 is 0 Å². The van der Waals surface area contributed by atoms with Gasteiger partial charge in [0.25, 0.3) is 0 Å². The zero-order valence-electron chi connectivity index (χ0n) is 5.61. The summed E-state index contributed by atoms with van der Waals surface area (Å²) >= 11 is 0. The quantitative estimate of drug-likeness (QED) is 0.469. The minimum absolute atomic E-state index is 0.229. The highest BCUT2D eigenvalue weighted by Gasteiger charge is 1.99. The lowest BCUT2D eigenvalue weighted by atomic mass is 10.1. The topological polar surface area (TPSA) is 0 Å². The van der Waals surface area contributed by atoms with Crippen molar-refractivity contribution in [3.63, 3.8) is 0 Å². The maximum atomic E-state index is 2.47. The van der Waals surface area contributed by atoms with E-state index in [1.807, 2.05) is 5.20 Å². The molecule has 0 heterocycles. The van der Waals surface area contributed by atoms with E-state index in [2.05, 4.69) is 12.6 Å². The number of hydrogen-bond donors (Lipinski definition) is 0. The predicted molar refractivity (Wildman–Crippen MR) is 41.0 cm³/mol. The third kappa shape index (κ3) is 1.48. The first-order valence-corrected chi connectivity index (χ1v) is 5.73. The van der Waals surface area contributed by atoms with Crippen LogP contribution in [0.15, 0.2) is 11.3 Å². The Hall–Kier alpha value is -0.0431. The van der Waals surface area contributed by atoms with Crippen molar-refractivity contribution in [3.05, 3.63) is 11.3 Å². The van der Waals surface area contributed by atoms with Gasteiger partial charge in [0.1, 0.15) is 0 Å². The molecule has 0 aromatic heterocycles. The van der Waals surface area contributed by atoms with Gasteiger partial charge in [0.2, 0.25) is 0 Å². The Kier molecular flexibility index (Phi) is 2.34. The molecular formula is C7H14Si. The van der Waals surface area contributed by atoms with Crippen molar-refractivity contribution < 1.29 is 0 Å². The molecule has 0 spiro atoms. The summed E-state index contributed by atoms with van der Waals surface area (Å²) in [5.74, 6) is 0. The minimum Gasteiger partial charge on any atom is -0.0921 e. The number of allylic oxidation sites excluding steroid dienone is 2. The molecule has 0 saturated carbocycles. The highest BCUT2D eigenvalue weighted by atomic mass is 28.2. The maximum absolute atomic E-state index is 2.47. The van der Waals surface area contributed by atoms with Gasteiger partial charge in [-0.2, -0.15) is 0 Å². The van der Waals surface area contributed by atoms with Gasteiger partial charge in [-0.1, -0.05) is 17.8 Å². The number of hydrogen-bond acceptors (Lipinski definition) is 0. The Morgan fingerprint density at radius 1 is 1.50 bits per heavy atom. The van der Waals surface area contributed by atoms with E-state index in [1.165, 1.54) is 25.7 Å². The van der Waals surface area contributed by atoms with E-state index in [4.69, 9.17) is 0 Å². The van der Waals surface area contributed by atoms with Crippen molar-refractivity contribution in [1.82, 2.24) is 0 Å². The summed E-state index contributed by atoms with van der Waals surface area (Å²) in [5, 5.41) is 1.82. The lowest BCUT2D eigenvalue weighted by Gasteiger charge is -2.08. The zero-order chi connectivity index (χ0) is 5.82. The molecule has 0 radical (unpaired) electrons. The van der Waals surface area contributed by atoms with Crippen LogP contribution in [0.3, 0.4) is 0 Å². The van der Waals surface area contributed by atoms with Crippen LogP contribution < -0.4 is 0 Å². The van der Waals surface area contributed by atoms with Crippen LogP contribution in [0.25, 0.3) is 0 Å². The van der Waals surface area contributed by atoms with Crippen LogP contribution in [0.5, 0.6) is 0 Å². The molecule has 0 nitrogen and oxygen atoms in total. The van der Waals surface area contributed by atoms with Crippen LogP contribution in [-0.2, 0) is 0 Å². The molecular weight excluding hydrogens is 112 g/mol. The summed E-state index contributed by atoms with van der Waals surface area (Å²) in [7, 11) is 0.229. The van der Waals surface area contributed by atoms with Gasteiger partial charge >= 0.3 is 0 Å². The minimum atomic E-state index is 0.229. The van der Waals surface area contributed by atoms with Crippen molar-refractivity contribution in [2.24, 2.45) is 0 Å². The van der Waals surface area contributed by atoms with Crippen LogP contribution in [0.1, 0.15) is 25.7 Å². The fourth-order valence-corrected chi connectivity index (χ4v) is 2.32. The second-order valence-corrected chi connectivity index (χ2v) is 4.08. The molecule has 0 fully saturated rings. The fourth-order valence-electron chi connectivity index (χ4n) is 1.23. The molecule has 0 aromatic carbocycles. The Labute approximate surface area is 53.8 Å². The van der Waals surface area contributed by atoms with Crippen molar-refractivity contribution in [2.75, 3.05) is 0 Å². The lowest BCUT2D eigenvalue weighted by Crippen LogP contribution is -1.95. The summed E-state index contributed by atoms with van der Waals surface area (Å²) in [5.41, 5.74) is 0. The third-order valence-electron chi connectivity index (χ3n) is 1.84. The first-order chi connectivity index (χ1) is 3.93. The van der Waals surface area contributed by atoms with Crippen LogP contribution in [0, 0.1) is 0 Å². The molecule has 0 unspecified atom stereocenters. The maximum Gasteiger partial charge on any atom is 0.0461 e. The zero-order valence-corrected chi connectivity index (χ0v) is 7.03. The summed E-state index contributed by atoms with van der Waals surface area (Å²) < 4.78 is 0. The molecule has 0 amide bonds. The molecule has 1 heteroatoms. The summed E-state index contributed by atoms with van der Waals surface area (Å²) in [6, 6.07) is 0. The van der Waals surface area contributed by atoms with Gasteiger partial charge in [-0.15, -0.1) is 0 Å². The van der Waals surface area contributed by atoms with E-state index in [9.17, 15) is 0 Å². The molecule has 0 N–H and O–H groups in total. The lowest BCUT2D eigenvalue weighted by molar-refractivity contribution is 0.720. The molecule has 0 atom stereocenters. The first kappa shape index (κ1) is 6.08. The normalized spacial score (nSPS) is 21.9. The number of rotatable bonds is 1. The molecule has 0 aromatic rings. The van der Waals surface area contributed by atoms with E-state index < -0.39 is 0 Å². The molecule has 8 heavy (non-hydrogen) atoms. The SMILES string of the molecule is C[SiH2]C1=CCCCC1. The smallest absolute Gasteiger partial charge is 0.0461 e. The summed E-state index contributed by atoms with van der Waals surface area (Å²) in [6.07, 6.45) is 8.18. The van der Waals surface area contributed by atoms with Gasteiger partial charge in [-0.3, -0.25) is 0 Å². The second kappa shape index (κ2) is 3.08. The van der Waals surface area contributed by atoms with E-state index in [0.717, 1.165) is 0 Å². The van der Waals surface area contributed by atoms with Gasteiger partial charge in [0, 0.05) is 9.52 Å². The third-order valence-corrected chi connectivity index (χ3v) is 3.39. The monoisotopic (exact) mass is 126 g/mol. The van der Waals surface area contributed by atoms with Gasteiger partial charge in [0.15, 0.2) is 0 Å². The summed E-state index contributed by atoms with van der Waals surface area (Å²) in [6.45, 7) is 2.39. The highest BCUT2D eigenvalue weighted by Crippen LogP contribution is 2.15. The second-order valence-electron chi connectivity index (χ2n) is 2.46. The summed E-state index contributed by atoms with van der Waals surface area (Å²) in [4.78, 5) is 0. The van der Waals surface area contributed by atoms with Crippen LogP contribution in [0.4, 0.5) is 0 Å². The van der Waals surface area contributed by atoms with Crippen LogP contribution in [-0.4, -0.2) is 9.52 Å². The van der Waals surface area contributed by atoms with Crippen LogP contribution >= 0.6 is 0 Å². The van der Waals surface area contributed by atoms with Crippen LogP contribution in [0.2, 0.25) is 6.55 Å². The Morgan fingerprint density at radius 2 is 2.38 bits per heavy atom. The Bertz CT molecular complexity index is 94.6. The Morgan fingerprint density at radius 3 is 2.75 bits per heavy atom. The standard InChI is InChI=1S/C7H14Si/c1-8-7-5-3-2-4-6-7/h5H,2-4,6,8H2,1H3. The van der Waals surface area contributed by atoms with E-state index in [1.54, 1.807) is 0 Å². The first-order valence-electron chi connectivity index (χ1n) is 3.61. The average Bonchev–Trinajstić information content (AvgIpc) is 1.90. The molecule has 1 rings (SSSR count). The van der Waals surface area contributed by atoms with Crippen molar-refractivity contribution in [1.29, 1.82) is 0 Å². The van der Waals surface area contributed by atoms with Crippen molar-refractivity contribution >= 4 is 9.52 Å². The molecule has 0 bridgehead atoms. The van der Waals surface area contributed by atoms with Gasteiger partial charge in [-0.05, 0) is 25.7 Å². The Balaban J connectivity index is 2.37. The molecule has 0 aliphatic heterocycles. The molecule has 0 saturated heterocycles. The van der Waals surface area contributed by atoms with Gasteiger partial charge in [0.05, 0.1) is 0 Å². The van der Waals surface area contributed by atoms with Gasteiger partial charge < -0.3 is 0 Å². The molecule has 1 aliphatic rings. The van der Waals surface area contributed by atoms with Crippen molar-refractivity contribution in [2.45, 2.75) is 32.2 Å². The largest absolute Gasteiger partial charge is 0.0921 e. The van der Waals surface area contributed by atoms with E-state index in [0.29, 0.717) is 0 Å². The fraction of sp³-hybridized carbons (Fsp3) is 0.714. The molecule has 1 aliphatic carbocycles. The van der Waals surface area contributed by atoms with Crippen molar-refractivity contribution in [3.8, 4) is 0 Å². The highest BCUT2D eigenvalue weighted by molar-refractivity contribution is 6.43. The van der Waals surface area contributed by atoms with E-state index in [-0.39, 0.29) is 9.52 Å². The average molecular weight is 126 g/mol. The predicted octanol–water partition coefficient (Wildman–Crippen LogP) is 1.66. The molecule has 46 valence electrons. The van der Waals surface area contributed by atoms with Gasteiger partial charge in [-0.25, -0.2) is 0 Å².